The van der Waals surface area contributed by atoms with Crippen molar-refractivity contribution in [1.82, 2.24) is 19.1 Å². The molecule has 2 aromatic heterocycles. The fourth-order valence-electron chi connectivity index (χ4n) is 8.14. The second kappa shape index (κ2) is 19.2. The number of anilines is 6. The number of imidazole rings is 2. The van der Waals surface area contributed by atoms with Crippen LogP contribution in [0.4, 0.5) is 42.9 Å². The molecule has 2 heterocycles. The topological polar surface area (TPSA) is 158 Å². The molecule has 0 bridgehead atoms. The molecule has 0 unspecified atom stereocenters. The lowest BCUT2D eigenvalue weighted by atomic mass is 10.1. The molecule has 0 aliphatic heterocycles. The molecule has 0 radical (unpaired) electrons. The van der Waals surface area contributed by atoms with Gasteiger partial charge in [0.2, 0.25) is 0 Å². The molecule has 18 heteroatoms. The van der Waals surface area contributed by atoms with Crippen molar-refractivity contribution in [3.8, 4) is 11.5 Å². The van der Waals surface area contributed by atoms with Crippen LogP contribution < -0.4 is 29.9 Å². The summed E-state index contributed by atoms with van der Waals surface area (Å²) in [6, 6.07) is 28.5. The van der Waals surface area contributed by atoms with E-state index in [1.807, 2.05) is 90.0 Å². The SMILES string of the molecule is COc1ccc(CN(Cc2ccc(OC)cc2)c2cc(N(C)c3c(C)cc(S(C)(=O)=O)cc3F)cc3c2ncn3C)cc1.Cc1cc(S(C)(=O)=O)cc(F)c1N(C)c1cc(N)c2ncn(C)c2c1. The molecule has 0 aliphatic rings. The van der Waals surface area contributed by atoms with Crippen LogP contribution in [-0.2, 0) is 46.9 Å². The van der Waals surface area contributed by atoms with E-state index in [0.29, 0.717) is 52.5 Å². The summed E-state index contributed by atoms with van der Waals surface area (Å²) in [5.74, 6) is 0.343. The van der Waals surface area contributed by atoms with Gasteiger partial charge in [0.25, 0.3) is 0 Å². The van der Waals surface area contributed by atoms with Gasteiger partial charge in [-0.25, -0.2) is 35.6 Å². The van der Waals surface area contributed by atoms with Crippen LogP contribution >= 0.6 is 0 Å². The molecule has 68 heavy (non-hydrogen) atoms. The minimum atomic E-state index is -3.56. The number of sulfone groups is 2. The van der Waals surface area contributed by atoms with Gasteiger partial charge in [0.05, 0.1) is 70.4 Å². The highest BCUT2D eigenvalue weighted by molar-refractivity contribution is 7.91. The van der Waals surface area contributed by atoms with Crippen LogP contribution in [0.2, 0.25) is 0 Å². The number of methoxy groups -OCH3 is 2. The van der Waals surface area contributed by atoms with Crippen molar-refractivity contribution in [1.29, 1.82) is 0 Å². The van der Waals surface area contributed by atoms with Crippen LogP contribution in [0.15, 0.2) is 120 Å². The van der Waals surface area contributed by atoms with Crippen LogP contribution in [0.3, 0.4) is 0 Å². The quantitative estimate of drug-likeness (QED) is 0.109. The Hall–Kier alpha value is -7.18. The normalized spacial score (nSPS) is 11.6. The van der Waals surface area contributed by atoms with Gasteiger partial charge in [0.1, 0.15) is 34.2 Å². The third kappa shape index (κ3) is 10.2. The fourth-order valence-corrected chi connectivity index (χ4v) is 9.56. The zero-order chi connectivity index (χ0) is 49.4. The molecule has 8 aromatic rings. The second-order valence-electron chi connectivity index (χ2n) is 16.8. The Morgan fingerprint density at radius 2 is 1.00 bits per heavy atom. The molecule has 0 spiro atoms. The largest absolute Gasteiger partial charge is 0.497 e. The third-order valence-corrected chi connectivity index (χ3v) is 14.0. The minimum absolute atomic E-state index is 0.0405. The Kier molecular flexibility index (Phi) is 13.8. The first-order valence-electron chi connectivity index (χ1n) is 21.2. The van der Waals surface area contributed by atoms with Crippen molar-refractivity contribution in [2.24, 2.45) is 14.1 Å². The second-order valence-corrected chi connectivity index (χ2v) is 20.8. The Balaban J connectivity index is 0.000000232. The molecular formula is C50H54F2N8O6S2. The van der Waals surface area contributed by atoms with Crippen LogP contribution in [0, 0.1) is 25.5 Å². The maximum Gasteiger partial charge on any atom is 0.175 e. The number of benzene rings is 6. The maximum atomic E-state index is 15.5. The van der Waals surface area contributed by atoms with Crippen molar-refractivity contribution in [2.75, 3.05) is 61.3 Å². The van der Waals surface area contributed by atoms with Gasteiger partial charge in [-0.3, -0.25) is 0 Å². The number of hydrogen-bond donors (Lipinski definition) is 1. The van der Waals surface area contributed by atoms with E-state index >= 15 is 4.39 Å². The Morgan fingerprint density at radius 1 is 0.603 bits per heavy atom. The molecule has 0 fully saturated rings. The van der Waals surface area contributed by atoms with Gasteiger partial charge in [-0.15, -0.1) is 0 Å². The van der Waals surface area contributed by atoms with E-state index < -0.39 is 31.3 Å². The molecule has 356 valence electrons. The van der Waals surface area contributed by atoms with E-state index in [9.17, 15) is 21.2 Å². The molecule has 8 rings (SSSR count). The van der Waals surface area contributed by atoms with Gasteiger partial charge in [-0.05, 0) is 109 Å². The number of fused-ring (bicyclic) bond motifs is 2. The summed E-state index contributed by atoms with van der Waals surface area (Å²) in [7, 11) is 3.52. The minimum Gasteiger partial charge on any atom is -0.497 e. The van der Waals surface area contributed by atoms with Gasteiger partial charge in [-0.1, -0.05) is 24.3 Å². The number of rotatable bonds is 13. The number of hydrogen-bond acceptors (Lipinski definition) is 12. The summed E-state index contributed by atoms with van der Waals surface area (Å²) in [6.07, 6.45) is 5.57. The molecule has 0 saturated carbocycles. The molecule has 0 aliphatic carbocycles. The number of aryl methyl sites for hydroxylation is 4. The van der Waals surface area contributed by atoms with Crippen LogP contribution in [0.25, 0.3) is 22.1 Å². The van der Waals surface area contributed by atoms with E-state index in [1.165, 1.54) is 12.1 Å². The van der Waals surface area contributed by atoms with Crippen molar-refractivity contribution in [3.05, 3.63) is 144 Å². The summed E-state index contributed by atoms with van der Waals surface area (Å²) in [5, 5.41) is 0. The van der Waals surface area contributed by atoms with Gasteiger partial charge in [0.15, 0.2) is 19.7 Å². The lowest BCUT2D eigenvalue weighted by Crippen LogP contribution is -2.23. The molecule has 0 amide bonds. The summed E-state index contributed by atoms with van der Waals surface area (Å²) in [6.45, 7) is 4.54. The van der Waals surface area contributed by atoms with Crippen molar-refractivity contribution in [3.63, 3.8) is 0 Å². The predicted molar refractivity (Wildman–Crippen MR) is 266 cm³/mol. The smallest absolute Gasteiger partial charge is 0.175 e. The highest BCUT2D eigenvalue weighted by atomic mass is 32.2. The fraction of sp³-hybridized carbons (Fsp3) is 0.240. The van der Waals surface area contributed by atoms with E-state index in [2.05, 4.69) is 9.88 Å². The average molecular weight is 965 g/mol. The zero-order valence-electron chi connectivity index (χ0n) is 39.5. The van der Waals surface area contributed by atoms with Gasteiger partial charge in [0, 0.05) is 65.2 Å². The number of aromatic nitrogens is 4. The first-order chi connectivity index (χ1) is 32.1. The Morgan fingerprint density at radius 3 is 1.40 bits per heavy atom. The number of nitrogens with two attached hydrogens (primary N) is 1. The van der Waals surface area contributed by atoms with Gasteiger partial charge < -0.3 is 39.0 Å². The standard InChI is InChI=1S/C33H35FN4O4S.C17H19FN4O2S/c1-22-15-28(43(6,39)40)18-29(34)33(22)37(3)25-16-30-32(35-21-36(30)2)31(17-25)38(19-23-7-11-26(41-4)12-8-23)20-24-9-13-27(42-5)14-10-24;1-10-5-12(25(4,23)24)8-13(18)17(10)22(3)11-6-14(19)16-15(7-11)21(2)9-20-16/h7-18,21H,19-20H2,1-6H3;5-9H,19H2,1-4H3. The molecule has 14 nitrogen and oxygen atoms in total. The Labute approximate surface area is 395 Å². The van der Waals surface area contributed by atoms with E-state index in [0.717, 1.165) is 75.2 Å². The zero-order valence-corrected chi connectivity index (χ0v) is 41.2. The number of ether oxygens (including phenoxy) is 2. The average Bonchev–Trinajstić information content (AvgIpc) is 3.86. The maximum absolute atomic E-state index is 15.5. The lowest BCUT2D eigenvalue weighted by Gasteiger charge is -2.29. The van der Waals surface area contributed by atoms with E-state index in [1.54, 1.807) is 70.7 Å². The van der Waals surface area contributed by atoms with Crippen LogP contribution in [0.1, 0.15) is 22.3 Å². The lowest BCUT2D eigenvalue weighted by molar-refractivity contribution is 0.414. The Bertz CT molecular complexity index is 3300. The van der Waals surface area contributed by atoms with Gasteiger partial charge >= 0.3 is 0 Å². The van der Waals surface area contributed by atoms with Crippen molar-refractivity contribution in [2.45, 2.75) is 36.7 Å². The van der Waals surface area contributed by atoms with Crippen LogP contribution in [0.5, 0.6) is 11.5 Å². The molecule has 2 N–H and O–H groups in total. The van der Waals surface area contributed by atoms with Gasteiger partial charge in [-0.2, -0.15) is 0 Å². The highest BCUT2D eigenvalue weighted by Gasteiger charge is 2.23. The summed E-state index contributed by atoms with van der Waals surface area (Å²) < 4.78 is 92.3. The number of nitrogen functional groups attached to an aromatic ring is 1. The molecular weight excluding hydrogens is 911 g/mol. The molecule has 0 atom stereocenters. The van der Waals surface area contributed by atoms with Crippen LogP contribution in [-0.4, -0.2) is 76.8 Å². The van der Waals surface area contributed by atoms with E-state index in [-0.39, 0.29) is 9.79 Å². The predicted octanol–water partition coefficient (Wildman–Crippen LogP) is 9.19. The summed E-state index contributed by atoms with van der Waals surface area (Å²) in [4.78, 5) is 14.6. The third-order valence-electron chi connectivity index (χ3n) is 11.8. The summed E-state index contributed by atoms with van der Waals surface area (Å²) in [5.41, 5.74) is 15.8. The van der Waals surface area contributed by atoms with Crippen molar-refractivity contribution < 1.29 is 35.1 Å². The molecule has 0 saturated heterocycles. The van der Waals surface area contributed by atoms with Crippen molar-refractivity contribution >= 4 is 75.9 Å². The number of halogens is 2. The summed E-state index contributed by atoms with van der Waals surface area (Å²) >= 11 is 0. The number of nitrogens with zero attached hydrogens (tertiary/aromatic N) is 7. The molecule has 6 aromatic carbocycles. The highest BCUT2D eigenvalue weighted by Crippen LogP contribution is 2.39. The first-order valence-corrected chi connectivity index (χ1v) is 25.0. The first kappa shape index (κ1) is 48.7. The van der Waals surface area contributed by atoms with E-state index in [4.69, 9.17) is 20.2 Å². The monoisotopic (exact) mass is 964 g/mol.